The summed E-state index contributed by atoms with van der Waals surface area (Å²) < 4.78 is 5.78. The SMILES string of the molecule is O=C(Nc1ccc2c(c1)C(=O)Nc1cc(Cl)ccc1O2)c1cccc([N+](=O)[O-])c1. The molecule has 0 atom stereocenters. The van der Waals surface area contributed by atoms with Crippen molar-refractivity contribution in [3.8, 4) is 11.5 Å². The lowest BCUT2D eigenvalue weighted by Gasteiger charge is -2.10. The van der Waals surface area contributed by atoms with Crippen LogP contribution in [0.25, 0.3) is 0 Å². The number of nitrogens with one attached hydrogen (secondary N) is 2. The average Bonchev–Trinajstić information content (AvgIpc) is 2.83. The summed E-state index contributed by atoms with van der Waals surface area (Å²) in [5, 5.41) is 16.7. The molecule has 3 aromatic rings. The topological polar surface area (TPSA) is 111 Å². The van der Waals surface area contributed by atoms with Gasteiger partial charge in [0.1, 0.15) is 5.75 Å². The van der Waals surface area contributed by atoms with Gasteiger partial charge in [-0.2, -0.15) is 0 Å². The van der Waals surface area contributed by atoms with Gasteiger partial charge in [-0.05, 0) is 42.5 Å². The van der Waals surface area contributed by atoms with E-state index < -0.39 is 16.7 Å². The van der Waals surface area contributed by atoms with Crippen molar-refractivity contribution in [1.82, 2.24) is 0 Å². The molecule has 0 fully saturated rings. The van der Waals surface area contributed by atoms with Crippen molar-refractivity contribution in [2.45, 2.75) is 0 Å². The number of non-ortho nitro benzene ring substituents is 1. The van der Waals surface area contributed by atoms with Gasteiger partial charge in [0, 0.05) is 28.4 Å². The molecule has 0 unspecified atom stereocenters. The molecular weight excluding hydrogens is 398 g/mol. The Labute approximate surface area is 169 Å². The third-order valence-electron chi connectivity index (χ3n) is 4.21. The maximum Gasteiger partial charge on any atom is 0.270 e. The molecule has 144 valence electrons. The van der Waals surface area contributed by atoms with Crippen LogP contribution >= 0.6 is 11.6 Å². The largest absolute Gasteiger partial charge is 0.454 e. The van der Waals surface area contributed by atoms with E-state index in [1.807, 2.05) is 0 Å². The lowest BCUT2D eigenvalue weighted by Crippen LogP contribution is -2.14. The van der Waals surface area contributed by atoms with E-state index in [1.165, 1.54) is 30.3 Å². The number of hydrogen-bond donors (Lipinski definition) is 2. The number of ether oxygens (including phenoxy) is 1. The third-order valence-corrected chi connectivity index (χ3v) is 4.45. The lowest BCUT2D eigenvalue weighted by molar-refractivity contribution is -0.384. The molecule has 2 N–H and O–H groups in total. The minimum absolute atomic E-state index is 0.122. The van der Waals surface area contributed by atoms with Crippen molar-refractivity contribution in [1.29, 1.82) is 0 Å². The molecular formula is C20H12ClN3O5. The molecule has 0 aromatic heterocycles. The number of hydrogen-bond acceptors (Lipinski definition) is 5. The zero-order valence-corrected chi connectivity index (χ0v) is 15.4. The molecule has 1 aliphatic rings. The Morgan fingerprint density at radius 3 is 2.66 bits per heavy atom. The van der Waals surface area contributed by atoms with Gasteiger partial charge in [0.2, 0.25) is 0 Å². The molecule has 0 radical (unpaired) electrons. The van der Waals surface area contributed by atoms with Crippen LogP contribution in [-0.2, 0) is 0 Å². The van der Waals surface area contributed by atoms with Gasteiger partial charge in [-0.15, -0.1) is 0 Å². The van der Waals surface area contributed by atoms with Crippen LogP contribution in [0.4, 0.5) is 17.1 Å². The van der Waals surface area contributed by atoms with Gasteiger partial charge in [-0.25, -0.2) is 0 Å². The first-order chi connectivity index (χ1) is 13.9. The van der Waals surface area contributed by atoms with Crippen molar-refractivity contribution in [2.75, 3.05) is 10.6 Å². The highest BCUT2D eigenvalue weighted by Crippen LogP contribution is 2.38. The van der Waals surface area contributed by atoms with Gasteiger partial charge in [-0.1, -0.05) is 17.7 Å². The smallest absolute Gasteiger partial charge is 0.270 e. The van der Waals surface area contributed by atoms with Crippen LogP contribution in [0.1, 0.15) is 20.7 Å². The normalized spacial score (nSPS) is 12.0. The summed E-state index contributed by atoms with van der Waals surface area (Å²) >= 11 is 5.96. The zero-order chi connectivity index (χ0) is 20.5. The highest BCUT2D eigenvalue weighted by molar-refractivity contribution is 6.31. The number of halogens is 1. The highest BCUT2D eigenvalue weighted by Gasteiger charge is 2.22. The summed E-state index contributed by atoms with van der Waals surface area (Å²) in [4.78, 5) is 35.3. The quantitative estimate of drug-likeness (QED) is 0.474. The first-order valence-electron chi connectivity index (χ1n) is 8.39. The molecule has 0 saturated heterocycles. The molecule has 0 bridgehead atoms. The average molecular weight is 410 g/mol. The van der Waals surface area contributed by atoms with Crippen LogP contribution in [0.3, 0.4) is 0 Å². The summed E-state index contributed by atoms with van der Waals surface area (Å²) in [5.74, 6) is -0.210. The Kier molecular flexibility index (Phi) is 4.61. The Morgan fingerprint density at radius 1 is 1.07 bits per heavy atom. The summed E-state index contributed by atoms with van der Waals surface area (Å²) in [6.07, 6.45) is 0. The van der Waals surface area contributed by atoms with Gasteiger partial charge >= 0.3 is 0 Å². The lowest BCUT2D eigenvalue weighted by atomic mass is 10.1. The Balaban J connectivity index is 1.61. The Bertz CT molecular complexity index is 1180. The van der Waals surface area contributed by atoms with E-state index in [0.717, 1.165) is 0 Å². The third kappa shape index (κ3) is 3.74. The van der Waals surface area contributed by atoms with Gasteiger partial charge in [0.05, 0.1) is 16.2 Å². The van der Waals surface area contributed by atoms with Gasteiger partial charge in [0.15, 0.2) is 5.75 Å². The van der Waals surface area contributed by atoms with Gasteiger partial charge in [-0.3, -0.25) is 19.7 Å². The number of rotatable bonds is 3. The van der Waals surface area contributed by atoms with Crippen molar-refractivity contribution >= 4 is 40.5 Å². The monoisotopic (exact) mass is 409 g/mol. The minimum atomic E-state index is -0.579. The van der Waals surface area contributed by atoms with Crippen LogP contribution in [0.2, 0.25) is 5.02 Å². The van der Waals surface area contributed by atoms with E-state index in [4.69, 9.17) is 16.3 Å². The van der Waals surface area contributed by atoms with E-state index in [1.54, 1.807) is 30.3 Å². The van der Waals surface area contributed by atoms with Crippen LogP contribution in [0.5, 0.6) is 11.5 Å². The van der Waals surface area contributed by atoms with Crippen LogP contribution in [-0.4, -0.2) is 16.7 Å². The van der Waals surface area contributed by atoms with Crippen LogP contribution < -0.4 is 15.4 Å². The summed E-state index contributed by atoms with van der Waals surface area (Å²) in [5.41, 5.74) is 0.915. The fourth-order valence-electron chi connectivity index (χ4n) is 2.84. The first kappa shape index (κ1) is 18.5. The van der Waals surface area contributed by atoms with E-state index >= 15 is 0 Å². The van der Waals surface area contributed by atoms with Crippen molar-refractivity contribution in [3.05, 3.63) is 86.9 Å². The molecule has 9 heteroatoms. The predicted molar refractivity (Wildman–Crippen MR) is 107 cm³/mol. The summed E-state index contributed by atoms with van der Waals surface area (Å²) in [7, 11) is 0. The number of nitro groups is 1. The molecule has 29 heavy (non-hydrogen) atoms. The Morgan fingerprint density at radius 2 is 1.86 bits per heavy atom. The van der Waals surface area contributed by atoms with Crippen molar-refractivity contribution < 1.29 is 19.2 Å². The number of fused-ring (bicyclic) bond motifs is 2. The maximum atomic E-state index is 12.6. The maximum absolute atomic E-state index is 12.6. The Hall–Kier alpha value is -3.91. The fraction of sp³-hybridized carbons (Fsp3) is 0. The standard InChI is InChI=1S/C20H12ClN3O5/c21-12-4-6-18-16(9-12)23-20(26)15-10-13(5-7-17(15)29-18)22-19(25)11-2-1-3-14(8-11)24(27)28/h1-10H,(H,22,25)(H,23,26). The second kappa shape index (κ2) is 7.25. The molecule has 1 heterocycles. The second-order valence-corrected chi connectivity index (χ2v) is 6.61. The second-order valence-electron chi connectivity index (χ2n) is 6.17. The molecule has 0 spiro atoms. The highest BCUT2D eigenvalue weighted by atomic mass is 35.5. The van der Waals surface area contributed by atoms with E-state index in [2.05, 4.69) is 10.6 Å². The summed E-state index contributed by atoms with van der Waals surface area (Å²) in [6, 6.07) is 14.8. The van der Waals surface area contributed by atoms with E-state index in [-0.39, 0.29) is 16.8 Å². The molecule has 2 amide bonds. The van der Waals surface area contributed by atoms with Crippen molar-refractivity contribution in [2.24, 2.45) is 0 Å². The number of benzene rings is 3. The number of anilines is 2. The van der Waals surface area contributed by atoms with Crippen molar-refractivity contribution in [3.63, 3.8) is 0 Å². The summed E-state index contributed by atoms with van der Waals surface area (Å²) in [6.45, 7) is 0. The number of nitrogens with zero attached hydrogens (tertiary/aromatic N) is 1. The van der Waals surface area contributed by atoms with Crippen LogP contribution in [0.15, 0.2) is 60.7 Å². The molecule has 8 nitrogen and oxygen atoms in total. The number of nitro benzene ring substituents is 1. The minimum Gasteiger partial charge on any atom is -0.454 e. The van der Waals surface area contributed by atoms with Gasteiger partial charge in [0.25, 0.3) is 17.5 Å². The predicted octanol–water partition coefficient (Wildman–Crippen LogP) is 4.86. The molecule has 0 saturated carbocycles. The molecule has 4 rings (SSSR count). The van der Waals surface area contributed by atoms with Crippen LogP contribution in [0, 0.1) is 10.1 Å². The number of carbonyl (C=O) groups is 2. The number of amides is 2. The van der Waals surface area contributed by atoms with E-state index in [0.29, 0.717) is 27.9 Å². The first-order valence-corrected chi connectivity index (χ1v) is 8.77. The zero-order valence-electron chi connectivity index (χ0n) is 14.6. The fourth-order valence-corrected chi connectivity index (χ4v) is 3.01. The van der Waals surface area contributed by atoms with Gasteiger partial charge < -0.3 is 15.4 Å². The molecule has 1 aliphatic heterocycles. The van der Waals surface area contributed by atoms with E-state index in [9.17, 15) is 19.7 Å². The molecule has 0 aliphatic carbocycles. The number of carbonyl (C=O) groups excluding carboxylic acids is 2. The molecule has 3 aromatic carbocycles.